The molecule has 0 bridgehead atoms. The van der Waals surface area contributed by atoms with Crippen molar-refractivity contribution in [2.24, 2.45) is 0 Å². The van der Waals surface area contributed by atoms with Gasteiger partial charge in [0.25, 0.3) is 0 Å². The molecule has 190 valence electrons. The van der Waals surface area contributed by atoms with Gasteiger partial charge in [-0.2, -0.15) is 0 Å². The Hall–Kier alpha value is -4.28. The van der Waals surface area contributed by atoms with E-state index in [1.165, 1.54) is 0 Å². The number of ether oxygens (including phenoxy) is 4. The number of hydrogen-bond acceptors (Lipinski definition) is 10. The number of rotatable bonds is 7. The van der Waals surface area contributed by atoms with Crippen molar-refractivity contribution in [3.63, 3.8) is 0 Å². The summed E-state index contributed by atoms with van der Waals surface area (Å²) in [5.74, 6) is 2.73. The highest BCUT2D eigenvalue weighted by Crippen LogP contribution is 2.48. The minimum atomic E-state index is 0.679. The number of aromatic nitrogens is 4. The quantitative estimate of drug-likeness (QED) is 0.219. The summed E-state index contributed by atoms with van der Waals surface area (Å²) in [7, 11) is 6.54. The van der Waals surface area contributed by atoms with E-state index in [2.05, 4.69) is 12.1 Å². The Morgan fingerprint density at radius 3 is 1.16 bits per heavy atom. The molecule has 0 amide bonds. The third-order valence-corrected chi connectivity index (χ3v) is 8.25. The normalized spacial score (nSPS) is 11.2. The minimum Gasteiger partial charge on any atom is -0.492 e. The first kappa shape index (κ1) is 24.1. The summed E-state index contributed by atoms with van der Waals surface area (Å²) in [6, 6.07) is 8.19. The van der Waals surface area contributed by atoms with Crippen molar-refractivity contribution in [3.05, 3.63) is 59.8 Å². The Morgan fingerprint density at radius 2 is 0.816 bits per heavy atom. The zero-order valence-electron chi connectivity index (χ0n) is 21.0. The lowest BCUT2D eigenvalue weighted by molar-refractivity contribution is 0.359. The summed E-state index contributed by atoms with van der Waals surface area (Å²) in [5.41, 5.74) is 6.70. The number of benzene rings is 2. The fourth-order valence-electron chi connectivity index (χ4n) is 4.62. The maximum absolute atomic E-state index is 5.67. The smallest absolute Gasteiger partial charge is 0.179 e. The molecule has 0 aliphatic rings. The third kappa shape index (κ3) is 3.72. The predicted molar refractivity (Wildman–Crippen MR) is 151 cm³/mol. The second kappa shape index (κ2) is 9.88. The van der Waals surface area contributed by atoms with E-state index in [1.807, 2.05) is 22.9 Å². The van der Waals surface area contributed by atoms with Crippen molar-refractivity contribution in [3.8, 4) is 55.0 Å². The molecule has 6 rings (SSSR count). The number of fused-ring (bicyclic) bond motifs is 2. The first-order valence-corrected chi connectivity index (χ1v) is 13.3. The third-order valence-electron chi connectivity index (χ3n) is 6.31. The second-order valence-corrected chi connectivity index (χ2v) is 9.92. The topological polar surface area (TPSA) is 88.5 Å². The standard InChI is InChI=1S/C28H22N4O4S2/c1-33-19-13-37-27(25(19)35-3)17-7-5-15(21-23(17)31-11-9-29-21)16-6-8-18(24-22(16)30-10-12-32-24)28-26(36-4)20(34-2)14-38-28/h5-14H,1-4H3. The zero-order valence-corrected chi connectivity index (χ0v) is 22.6. The highest BCUT2D eigenvalue weighted by atomic mass is 32.1. The van der Waals surface area contributed by atoms with Gasteiger partial charge in [0.2, 0.25) is 0 Å². The van der Waals surface area contributed by atoms with Gasteiger partial charge in [-0.15, -0.1) is 22.7 Å². The van der Waals surface area contributed by atoms with Crippen LogP contribution in [0.3, 0.4) is 0 Å². The highest BCUT2D eigenvalue weighted by molar-refractivity contribution is 7.14. The maximum Gasteiger partial charge on any atom is 0.179 e. The summed E-state index contributed by atoms with van der Waals surface area (Å²) in [4.78, 5) is 20.8. The second-order valence-electron chi connectivity index (χ2n) is 8.16. The summed E-state index contributed by atoms with van der Waals surface area (Å²) in [6.07, 6.45) is 6.80. The Kier molecular flexibility index (Phi) is 6.26. The van der Waals surface area contributed by atoms with Crippen molar-refractivity contribution in [2.45, 2.75) is 0 Å². The predicted octanol–water partition coefficient (Wildman–Crippen LogP) is 6.73. The van der Waals surface area contributed by atoms with Gasteiger partial charge in [0.1, 0.15) is 0 Å². The molecule has 0 fully saturated rings. The molecule has 0 radical (unpaired) electrons. The van der Waals surface area contributed by atoms with Crippen LogP contribution in [0.15, 0.2) is 59.8 Å². The molecule has 0 atom stereocenters. The summed E-state index contributed by atoms with van der Waals surface area (Å²) in [6.45, 7) is 0. The molecule has 0 saturated heterocycles. The van der Waals surface area contributed by atoms with Crippen LogP contribution in [0.2, 0.25) is 0 Å². The van der Waals surface area contributed by atoms with Crippen molar-refractivity contribution in [1.29, 1.82) is 0 Å². The molecular weight excluding hydrogens is 520 g/mol. The van der Waals surface area contributed by atoms with E-state index in [4.69, 9.17) is 38.9 Å². The lowest BCUT2D eigenvalue weighted by Crippen LogP contribution is -1.95. The molecule has 0 aliphatic carbocycles. The fraction of sp³-hybridized carbons (Fsp3) is 0.143. The van der Waals surface area contributed by atoms with Crippen LogP contribution in [0, 0.1) is 0 Å². The van der Waals surface area contributed by atoms with Crippen molar-refractivity contribution < 1.29 is 18.9 Å². The van der Waals surface area contributed by atoms with Gasteiger partial charge in [-0.05, 0) is 0 Å². The Balaban J connectivity index is 1.58. The number of thiophene rings is 2. The van der Waals surface area contributed by atoms with E-state index in [0.29, 0.717) is 23.0 Å². The van der Waals surface area contributed by atoms with Gasteiger partial charge in [-0.3, -0.25) is 19.9 Å². The van der Waals surface area contributed by atoms with E-state index in [9.17, 15) is 0 Å². The highest BCUT2D eigenvalue weighted by Gasteiger charge is 2.23. The van der Waals surface area contributed by atoms with E-state index in [1.54, 1.807) is 75.9 Å². The molecule has 4 heterocycles. The number of nitrogens with zero attached hydrogens (tertiary/aromatic N) is 4. The van der Waals surface area contributed by atoms with Gasteiger partial charge >= 0.3 is 0 Å². The average Bonchev–Trinajstić information content (AvgIpc) is 3.59. The van der Waals surface area contributed by atoms with Crippen LogP contribution in [0.1, 0.15) is 0 Å². The number of methoxy groups -OCH3 is 4. The molecule has 38 heavy (non-hydrogen) atoms. The molecule has 8 nitrogen and oxygen atoms in total. The molecule has 0 unspecified atom stereocenters. The Labute approximate surface area is 226 Å². The average molecular weight is 543 g/mol. The van der Waals surface area contributed by atoms with Crippen LogP contribution >= 0.6 is 22.7 Å². The summed E-state index contributed by atoms with van der Waals surface area (Å²) >= 11 is 3.09. The van der Waals surface area contributed by atoms with Crippen LogP contribution in [0.25, 0.3) is 54.1 Å². The Bertz CT molecular complexity index is 1670. The van der Waals surface area contributed by atoms with Gasteiger partial charge in [0.15, 0.2) is 23.0 Å². The van der Waals surface area contributed by atoms with Crippen LogP contribution in [0.5, 0.6) is 23.0 Å². The maximum atomic E-state index is 5.67. The van der Waals surface area contributed by atoms with Gasteiger partial charge in [0, 0.05) is 57.8 Å². The van der Waals surface area contributed by atoms with Gasteiger partial charge in [0.05, 0.1) is 60.3 Å². The van der Waals surface area contributed by atoms with Crippen LogP contribution in [-0.4, -0.2) is 48.4 Å². The van der Waals surface area contributed by atoms with Gasteiger partial charge < -0.3 is 18.9 Å². The monoisotopic (exact) mass is 542 g/mol. The molecule has 0 spiro atoms. The number of hydrogen-bond donors (Lipinski definition) is 0. The molecular formula is C28H22N4O4S2. The van der Waals surface area contributed by atoms with Gasteiger partial charge in [-0.25, -0.2) is 0 Å². The van der Waals surface area contributed by atoms with Crippen molar-refractivity contribution in [1.82, 2.24) is 19.9 Å². The largest absolute Gasteiger partial charge is 0.492 e. The van der Waals surface area contributed by atoms with Crippen molar-refractivity contribution in [2.75, 3.05) is 28.4 Å². The molecule has 0 aliphatic heterocycles. The molecule has 6 aromatic rings. The van der Waals surface area contributed by atoms with E-state index < -0.39 is 0 Å². The molecule has 2 aromatic carbocycles. The first-order valence-electron chi connectivity index (χ1n) is 11.6. The van der Waals surface area contributed by atoms with E-state index in [0.717, 1.165) is 54.1 Å². The SMILES string of the molecule is COc1csc(-c2ccc(-c3ccc(-c4scc(OC)c4OC)c4nccnc34)c3nccnc23)c1OC. The minimum absolute atomic E-state index is 0.679. The molecule has 10 heteroatoms. The lowest BCUT2D eigenvalue weighted by Gasteiger charge is -2.13. The lowest BCUT2D eigenvalue weighted by atomic mass is 9.97. The van der Waals surface area contributed by atoms with E-state index >= 15 is 0 Å². The Morgan fingerprint density at radius 1 is 0.474 bits per heavy atom. The first-order chi connectivity index (χ1) is 18.7. The summed E-state index contributed by atoms with van der Waals surface area (Å²) < 4.78 is 22.3. The van der Waals surface area contributed by atoms with Crippen LogP contribution in [-0.2, 0) is 0 Å². The van der Waals surface area contributed by atoms with Crippen LogP contribution in [0.4, 0.5) is 0 Å². The van der Waals surface area contributed by atoms with Gasteiger partial charge in [-0.1, -0.05) is 24.3 Å². The molecule has 0 saturated carbocycles. The van der Waals surface area contributed by atoms with Crippen molar-refractivity contribution >= 4 is 44.7 Å². The fourth-order valence-corrected chi connectivity index (χ4v) is 6.64. The van der Waals surface area contributed by atoms with E-state index in [-0.39, 0.29) is 0 Å². The molecule has 0 N–H and O–H groups in total. The zero-order chi connectivity index (χ0) is 26.2. The van der Waals surface area contributed by atoms with Crippen LogP contribution < -0.4 is 18.9 Å². The molecule has 4 aromatic heterocycles. The summed E-state index contributed by atoms with van der Waals surface area (Å²) in [5, 5.41) is 3.86.